The number of ether oxygens (including phenoxy) is 2. The fourth-order valence-electron chi connectivity index (χ4n) is 2.04. The molecule has 0 unspecified atom stereocenters. The normalized spacial score (nSPS) is 13.5. The number of amides is 1. The van der Waals surface area contributed by atoms with E-state index in [0.29, 0.717) is 0 Å². The van der Waals surface area contributed by atoms with E-state index in [-0.39, 0.29) is 6.42 Å². The van der Waals surface area contributed by atoms with E-state index in [4.69, 9.17) is 9.47 Å². The van der Waals surface area contributed by atoms with E-state index in [2.05, 4.69) is 5.32 Å². The minimum atomic E-state index is -1.52. The van der Waals surface area contributed by atoms with Gasteiger partial charge in [0.15, 0.2) is 0 Å². The first-order chi connectivity index (χ1) is 11.1. The van der Waals surface area contributed by atoms with Crippen molar-refractivity contribution in [1.29, 1.82) is 0 Å². The SMILES string of the molecule is CC(=O)O[C@H](C(=O)O)[C@@H](Cc1ccccc1)NC(=O)OC(C)(C)C. The summed E-state index contributed by atoms with van der Waals surface area (Å²) >= 11 is 0. The number of carbonyl (C=O) groups excluding carboxylic acids is 2. The predicted octanol–water partition coefficient (Wildman–Crippen LogP) is 2.14. The Bertz CT molecular complexity index is 578. The Morgan fingerprint density at radius 2 is 1.75 bits per heavy atom. The van der Waals surface area contributed by atoms with Crippen LogP contribution in [0.1, 0.15) is 33.3 Å². The van der Waals surface area contributed by atoms with Gasteiger partial charge >= 0.3 is 18.0 Å². The van der Waals surface area contributed by atoms with Gasteiger partial charge in [-0.1, -0.05) is 30.3 Å². The summed E-state index contributed by atoms with van der Waals surface area (Å²) in [5, 5.41) is 11.8. The van der Waals surface area contributed by atoms with Crippen molar-refractivity contribution in [3.05, 3.63) is 35.9 Å². The molecule has 0 heterocycles. The van der Waals surface area contributed by atoms with Crippen molar-refractivity contribution in [2.45, 2.75) is 51.9 Å². The maximum absolute atomic E-state index is 12.0. The molecule has 2 atom stereocenters. The van der Waals surface area contributed by atoms with Crippen molar-refractivity contribution in [3.8, 4) is 0 Å². The van der Waals surface area contributed by atoms with Gasteiger partial charge in [0.2, 0.25) is 6.10 Å². The molecule has 0 aliphatic heterocycles. The fourth-order valence-corrected chi connectivity index (χ4v) is 2.04. The van der Waals surface area contributed by atoms with Gasteiger partial charge < -0.3 is 19.9 Å². The van der Waals surface area contributed by atoms with E-state index < -0.39 is 35.8 Å². The van der Waals surface area contributed by atoms with E-state index in [9.17, 15) is 19.5 Å². The van der Waals surface area contributed by atoms with Crippen LogP contribution in [-0.2, 0) is 25.5 Å². The third kappa shape index (κ3) is 7.13. The van der Waals surface area contributed by atoms with E-state index in [0.717, 1.165) is 12.5 Å². The summed E-state index contributed by atoms with van der Waals surface area (Å²) in [6.45, 7) is 6.20. The molecule has 0 spiro atoms. The maximum Gasteiger partial charge on any atom is 0.408 e. The number of carboxylic acids is 1. The topological polar surface area (TPSA) is 102 Å². The van der Waals surface area contributed by atoms with Crippen LogP contribution in [0, 0.1) is 0 Å². The summed E-state index contributed by atoms with van der Waals surface area (Å²) in [7, 11) is 0. The molecule has 7 heteroatoms. The molecular weight excluding hydrogens is 314 g/mol. The quantitative estimate of drug-likeness (QED) is 0.771. The molecule has 24 heavy (non-hydrogen) atoms. The number of hydrogen-bond donors (Lipinski definition) is 2. The summed E-state index contributed by atoms with van der Waals surface area (Å²) in [4.78, 5) is 34.7. The fraction of sp³-hybridized carbons (Fsp3) is 0.471. The van der Waals surface area contributed by atoms with Crippen LogP contribution in [0.25, 0.3) is 0 Å². The Morgan fingerprint density at radius 3 is 2.21 bits per heavy atom. The highest BCUT2D eigenvalue weighted by Gasteiger charge is 2.33. The highest BCUT2D eigenvalue weighted by molar-refractivity contribution is 5.79. The zero-order valence-electron chi connectivity index (χ0n) is 14.2. The lowest BCUT2D eigenvalue weighted by molar-refractivity contribution is -0.164. The molecule has 0 saturated carbocycles. The lowest BCUT2D eigenvalue weighted by Gasteiger charge is -2.27. The lowest BCUT2D eigenvalue weighted by Crippen LogP contribution is -2.51. The van der Waals surface area contributed by atoms with Gasteiger partial charge in [0.05, 0.1) is 6.04 Å². The number of rotatable bonds is 6. The second-order valence-electron chi connectivity index (χ2n) is 6.31. The highest BCUT2D eigenvalue weighted by Crippen LogP contribution is 2.12. The molecule has 0 aromatic heterocycles. The molecule has 0 saturated heterocycles. The maximum atomic E-state index is 12.0. The van der Waals surface area contributed by atoms with Crippen LogP contribution < -0.4 is 5.32 Å². The summed E-state index contributed by atoms with van der Waals surface area (Å²) in [5.74, 6) is -2.09. The number of esters is 1. The summed E-state index contributed by atoms with van der Waals surface area (Å²) < 4.78 is 10.0. The zero-order chi connectivity index (χ0) is 18.3. The van der Waals surface area contributed by atoms with Crippen LogP contribution >= 0.6 is 0 Å². The highest BCUT2D eigenvalue weighted by atomic mass is 16.6. The Kier molecular flexibility index (Phi) is 6.76. The Morgan fingerprint density at radius 1 is 1.17 bits per heavy atom. The monoisotopic (exact) mass is 337 g/mol. The van der Waals surface area contributed by atoms with E-state index in [1.165, 1.54) is 0 Å². The first-order valence-electron chi connectivity index (χ1n) is 7.52. The molecule has 1 amide bonds. The summed E-state index contributed by atoms with van der Waals surface area (Å²) in [6.07, 6.45) is -2.12. The largest absolute Gasteiger partial charge is 0.478 e. The van der Waals surface area contributed by atoms with Crippen molar-refractivity contribution in [1.82, 2.24) is 5.32 Å². The smallest absolute Gasteiger partial charge is 0.408 e. The van der Waals surface area contributed by atoms with Crippen molar-refractivity contribution in [2.24, 2.45) is 0 Å². The Hall–Kier alpha value is -2.57. The predicted molar refractivity (Wildman–Crippen MR) is 86.5 cm³/mol. The Labute approximate surface area is 141 Å². The van der Waals surface area contributed by atoms with Gasteiger partial charge in [0.25, 0.3) is 0 Å². The van der Waals surface area contributed by atoms with Gasteiger partial charge in [-0.2, -0.15) is 0 Å². The molecular formula is C17H23NO6. The average molecular weight is 337 g/mol. The van der Waals surface area contributed by atoms with Crippen LogP contribution in [0.5, 0.6) is 0 Å². The average Bonchev–Trinajstić information content (AvgIpc) is 2.42. The minimum absolute atomic E-state index is 0.171. The minimum Gasteiger partial charge on any atom is -0.478 e. The van der Waals surface area contributed by atoms with Crippen LogP contribution in [0.3, 0.4) is 0 Å². The number of hydrogen-bond acceptors (Lipinski definition) is 5. The first kappa shape index (κ1) is 19.5. The van der Waals surface area contributed by atoms with Crippen molar-refractivity contribution < 1.29 is 29.0 Å². The van der Waals surface area contributed by atoms with Crippen molar-refractivity contribution >= 4 is 18.0 Å². The molecule has 7 nitrogen and oxygen atoms in total. The molecule has 132 valence electrons. The molecule has 1 aromatic carbocycles. The third-order valence-electron chi connectivity index (χ3n) is 2.90. The summed E-state index contributed by atoms with van der Waals surface area (Å²) in [5.41, 5.74) is 0.0543. The van der Waals surface area contributed by atoms with Gasteiger partial charge in [-0.25, -0.2) is 9.59 Å². The molecule has 2 N–H and O–H groups in total. The van der Waals surface area contributed by atoms with Gasteiger partial charge in [-0.3, -0.25) is 4.79 Å². The number of nitrogens with one attached hydrogen (secondary N) is 1. The number of alkyl carbamates (subject to hydrolysis) is 1. The Balaban J connectivity index is 2.98. The molecule has 0 radical (unpaired) electrons. The van der Waals surface area contributed by atoms with Gasteiger partial charge in [-0.05, 0) is 32.8 Å². The molecule has 0 fully saturated rings. The summed E-state index contributed by atoms with van der Waals surface area (Å²) in [6, 6.07) is 8.01. The van der Waals surface area contributed by atoms with E-state index in [1.807, 2.05) is 6.07 Å². The van der Waals surface area contributed by atoms with Gasteiger partial charge in [0, 0.05) is 6.92 Å². The van der Waals surface area contributed by atoms with Crippen LogP contribution in [-0.4, -0.2) is 40.9 Å². The van der Waals surface area contributed by atoms with E-state index in [1.54, 1.807) is 45.0 Å². The first-order valence-corrected chi connectivity index (χ1v) is 7.52. The lowest BCUT2D eigenvalue weighted by atomic mass is 10.0. The number of aliphatic carboxylic acids is 1. The standard InChI is InChI=1S/C17H23NO6/c1-11(19)23-14(15(20)21)13(10-12-8-6-5-7-9-12)18-16(22)24-17(2,3)4/h5-9,13-14H,10H2,1-4H3,(H,18,22)(H,20,21)/t13-,14+/m1/s1. The van der Waals surface area contributed by atoms with Crippen molar-refractivity contribution in [3.63, 3.8) is 0 Å². The zero-order valence-corrected chi connectivity index (χ0v) is 14.2. The second-order valence-corrected chi connectivity index (χ2v) is 6.31. The van der Waals surface area contributed by atoms with Crippen molar-refractivity contribution in [2.75, 3.05) is 0 Å². The van der Waals surface area contributed by atoms with E-state index >= 15 is 0 Å². The molecule has 1 rings (SSSR count). The van der Waals surface area contributed by atoms with Crippen LogP contribution in [0.4, 0.5) is 4.79 Å². The van der Waals surface area contributed by atoms with Crippen LogP contribution in [0.2, 0.25) is 0 Å². The number of benzene rings is 1. The molecule has 0 aliphatic carbocycles. The molecule has 0 bridgehead atoms. The number of carboxylic acid groups (broad SMARTS) is 1. The third-order valence-corrected chi connectivity index (χ3v) is 2.90. The molecule has 0 aliphatic rings. The second kappa shape index (κ2) is 8.33. The van der Waals surface area contributed by atoms with Gasteiger partial charge in [0.1, 0.15) is 5.60 Å². The van der Waals surface area contributed by atoms with Gasteiger partial charge in [-0.15, -0.1) is 0 Å². The number of carbonyl (C=O) groups is 3. The van der Waals surface area contributed by atoms with Crippen LogP contribution in [0.15, 0.2) is 30.3 Å². The molecule has 1 aromatic rings.